The standard InChI is InChI=1S/C27H23Cl2N3O3S/c28-23-10-13-26(14-11-23)36(34,35)32(18-20-5-2-1-3-6-20)19-25-12-9-22(17-30-25)27(33)31-16-21-7-4-8-24(29)15-21/h1-15,17H,16,18-19H2,(H,31,33). The van der Waals surface area contributed by atoms with Crippen LogP contribution in [-0.2, 0) is 29.7 Å². The van der Waals surface area contributed by atoms with Gasteiger partial charge in [0.2, 0.25) is 10.0 Å². The number of nitrogens with one attached hydrogen (secondary N) is 1. The predicted molar refractivity (Wildman–Crippen MR) is 141 cm³/mol. The number of carbonyl (C=O) groups excluding carboxylic acids is 1. The van der Waals surface area contributed by atoms with E-state index in [1.54, 1.807) is 36.4 Å². The van der Waals surface area contributed by atoms with Crippen molar-refractivity contribution < 1.29 is 13.2 Å². The second-order valence-corrected chi connectivity index (χ2v) is 10.9. The van der Waals surface area contributed by atoms with Crippen molar-refractivity contribution >= 4 is 39.1 Å². The number of hydrogen-bond acceptors (Lipinski definition) is 4. The highest BCUT2D eigenvalue weighted by Crippen LogP contribution is 2.22. The first-order valence-electron chi connectivity index (χ1n) is 11.1. The summed E-state index contributed by atoms with van der Waals surface area (Å²) in [6, 6.07) is 25.9. The largest absolute Gasteiger partial charge is 0.348 e. The zero-order valence-corrected chi connectivity index (χ0v) is 21.5. The maximum absolute atomic E-state index is 13.5. The first kappa shape index (κ1) is 25.9. The van der Waals surface area contributed by atoms with E-state index in [-0.39, 0.29) is 23.9 Å². The molecule has 0 radical (unpaired) electrons. The van der Waals surface area contributed by atoms with E-state index in [0.29, 0.717) is 27.8 Å². The maximum Gasteiger partial charge on any atom is 0.253 e. The third kappa shape index (κ3) is 6.71. The molecule has 1 amide bonds. The fraction of sp³-hybridized carbons (Fsp3) is 0.111. The van der Waals surface area contributed by atoms with Gasteiger partial charge < -0.3 is 5.32 Å². The summed E-state index contributed by atoms with van der Waals surface area (Å²) in [4.78, 5) is 17.0. The molecular formula is C27H23Cl2N3O3S. The molecule has 0 atom stereocenters. The molecule has 1 aromatic heterocycles. The van der Waals surface area contributed by atoms with Crippen LogP contribution in [0.4, 0.5) is 0 Å². The summed E-state index contributed by atoms with van der Waals surface area (Å²) >= 11 is 11.9. The molecule has 9 heteroatoms. The van der Waals surface area contributed by atoms with Gasteiger partial charge in [0.25, 0.3) is 5.91 Å². The molecule has 36 heavy (non-hydrogen) atoms. The van der Waals surface area contributed by atoms with E-state index in [9.17, 15) is 13.2 Å². The molecule has 0 fully saturated rings. The van der Waals surface area contributed by atoms with Gasteiger partial charge in [-0.3, -0.25) is 9.78 Å². The second kappa shape index (κ2) is 11.7. The molecule has 184 valence electrons. The Morgan fingerprint density at radius 1 is 0.806 bits per heavy atom. The summed E-state index contributed by atoms with van der Waals surface area (Å²) < 4.78 is 28.3. The molecule has 0 spiro atoms. The number of carbonyl (C=O) groups is 1. The number of hydrogen-bond donors (Lipinski definition) is 1. The Bertz CT molecular complexity index is 1430. The quantitative estimate of drug-likeness (QED) is 0.295. The summed E-state index contributed by atoms with van der Waals surface area (Å²) in [5.41, 5.74) is 2.60. The smallest absolute Gasteiger partial charge is 0.253 e. The molecule has 6 nitrogen and oxygen atoms in total. The van der Waals surface area contributed by atoms with E-state index in [1.165, 1.54) is 22.6 Å². The molecule has 0 aliphatic carbocycles. The topological polar surface area (TPSA) is 79.4 Å². The zero-order valence-electron chi connectivity index (χ0n) is 19.1. The van der Waals surface area contributed by atoms with Crippen molar-refractivity contribution in [1.29, 1.82) is 0 Å². The van der Waals surface area contributed by atoms with Gasteiger partial charge in [0.05, 0.1) is 22.7 Å². The predicted octanol–water partition coefficient (Wildman–Crippen LogP) is 5.71. The molecule has 0 aliphatic rings. The minimum absolute atomic E-state index is 0.0320. The molecule has 3 aromatic carbocycles. The number of benzene rings is 3. The van der Waals surface area contributed by atoms with Crippen molar-refractivity contribution in [3.05, 3.63) is 130 Å². The molecule has 0 bridgehead atoms. The summed E-state index contributed by atoms with van der Waals surface area (Å²) in [5, 5.41) is 3.88. The first-order valence-corrected chi connectivity index (χ1v) is 13.3. The first-order chi connectivity index (χ1) is 17.3. The Kier molecular flexibility index (Phi) is 8.38. The third-order valence-corrected chi connectivity index (χ3v) is 7.71. The SMILES string of the molecule is O=C(NCc1cccc(Cl)c1)c1ccc(CN(Cc2ccccc2)S(=O)(=O)c2ccc(Cl)cc2)nc1. The van der Waals surface area contributed by atoms with Gasteiger partial charge in [0, 0.05) is 29.3 Å². The van der Waals surface area contributed by atoms with Gasteiger partial charge in [0.1, 0.15) is 0 Å². The lowest BCUT2D eigenvalue weighted by molar-refractivity contribution is 0.0950. The van der Waals surface area contributed by atoms with Crippen molar-refractivity contribution in [2.75, 3.05) is 0 Å². The third-order valence-electron chi connectivity index (χ3n) is 5.42. The highest BCUT2D eigenvalue weighted by molar-refractivity contribution is 7.89. The molecule has 4 aromatic rings. The van der Waals surface area contributed by atoms with Crippen LogP contribution in [0, 0.1) is 0 Å². The number of aromatic nitrogens is 1. The van der Waals surface area contributed by atoms with Crippen molar-refractivity contribution in [2.24, 2.45) is 0 Å². The Morgan fingerprint density at radius 2 is 1.53 bits per heavy atom. The minimum Gasteiger partial charge on any atom is -0.348 e. The van der Waals surface area contributed by atoms with Gasteiger partial charge in [-0.2, -0.15) is 4.31 Å². The van der Waals surface area contributed by atoms with Crippen LogP contribution in [0.5, 0.6) is 0 Å². The number of nitrogens with zero attached hydrogens (tertiary/aromatic N) is 2. The molecule has 4 rings (SSSR count). The fourth-order valence-electron chi connectivity index (χ4n) is 3.53. The Labute approximate surface area is 220 Å². The van der Waals surface area contributed by atoms with Crippen molar-refractivity contribution in [2.45, 2.75) is 24.5 Å². The van der Waals surface area contributed by atoms with E-state index in [1.807, 2.05) is 42.5 Å². The van der Waals surface area contributed by atoms with E-state index in [2.05, 4.69) is 10.3 Å². The van der Waals surface area contributed by atoms with Crippen molar-refractivity contribution in [1.82, 2.24) is 14.6 Å². The van der Waals surface area contributed by atoms with Gasteiger partial charge in [0.15, 0.2) is 0 Å². The number of rotatable bonds is 9. The van der Waals surface area contributed by atoms with E-state index in [4.69, 9.17) is 23.2 Å². The highest BCUT2D eigenvalue weighted by Gasteiger charge is 2.25. The summed E-state index contributed by atoms with van der Waals surface area (Å²) in [6.07, 6.45) is 1.44. The lowest BCUT2D eigenvalue weighted by atomic mass is 10.2. The summed E-state index contributed by atoms with van der Waals surface area (Å²) in [7, 11) is -3.84. The maximum atomic E-state index is 13.5. The van der Waals surface area contributed by atoms with Crippen LogP contribution in [0.1, 0.15) is 27.2 Å². The molecule has 1 heterocycles. The molecule has 0 saturated heterocycles. The van der Waals surface area contributed by atoms with Gasteiger partial charge in [-0.05, 0) is 59.7 Å². The Hall–Kier alpha value is -3.23. The van der Waals surface area contributed by atoms with Gasteiger partial charge in [-0.25, -0.2) is 8.42 Å². The van der Waals surface area contributed by atoms with Crippen LogP contribution in [0.3, 0.4) is 0 Å². The van der Waals surface area contributed by atoms with E-state index < -0.39 is 10.0 Å². The van der Waals surface area contributed by atoms with Crippen molar-refractivity contribution in [3.63, 3.8) is 0 Å². The van der Waals surface area contributed by atoms with Crippen molar-refractivity contribution in [3.8, 4) is 0 Å². The van der Waals surface area contributed by atoms with Crippen LogP contribution >= 0.6 is 23.2 Å². The van der Waals surface area contributed by atoms with Gasteiger partial charge in [-0.1, -0.05) is 65.7 Å². The zero-order chi connectivity index (χ0) is 25.5. The van der Waals surface area contributed by atoms with Crippen LogP contribution in [0.2, 0.25) is 10.0 Å². The Balaban J connectivity index is 1.50. The number of sulfonamides is 1. The molecule has 0 unspecified atom stereocenters. The highest BCUT2D eigenvalue weighted by atomic mass is 35.5. The average Bonchev–Trinajstić information content (AvgIpc) is 2.88. The van der Waals surface area contributed by atoms with Gasteiger partial charge in [-0.15, -0.1) is 0 Å². The number of halogens is 2. The molecule has 0 aliphatic heterocycles. The van der Waals surface area contributed by atoms with Crippen LogP contribution in [-0.4, -0.2) is 23.6 Å². The molecular weight excluding hydrogens is 517 g/mol. The lowest BCUT2D eigenvalue weighted by Crippen LogP contribution is -2.30. The van der Waals surface area contributed by atoms with Crippen LogP contribution in [0.25, 0.3) is 0 Å². The minimum atomic E-state index is -3.84. The molecule has 0 saturated carbocycles. The molecule has 1 N–H and O–H groups in total. The van der Waals surface area contributed by atoms with Crippen LogP contribution < -0.4 is 5.32 Å². The summed E-state index contributed by atoms with van der Waals surface area (Å²) in [6.45, 7) is 0.519. The van der Waals surface area contributed by atoms with E-state index in [0.717, 1.165) is 11.1 Å². The average molecular weight is 540 g/mol. The second-order valence-electron chi connectivity index (χ2n) is 8.06. The summed E-state index contributed by atoms with van der Waals surface area (Å²) in [5.74, 6) is -0.288. The fourth-order valence-corrected chi connectivity index (χ4v) is 5.27. The normalized spacial score (nSPS) is 11.4. The number of pyridine rings is 1. The van der Waals surface area contributed by atoms with Gasteiger partial charge >= 0.3 is 0 Å². The monoisotopic (exact) mass is 539 g/mol. The number of amides is 1. The van der Waals surface area contributed by atoms with Crippen LogP contribution in [0.15, 0.2) is 102 Å². The Morgan fingerprint density at radius 3 is 2.19 bits per heavy atom. The lowest BCUT2D eigenvalue weighted by Gasteiger charge is -2.22. The van der Waals surface area contributed by atoms with E-state index >= 15 is 0 Å².